The van der Waals surface area contributed by atoms with Gasteiger partial charge in [-0.15, -0.1) is 0 Å². The number of benzene rings is 1. The predicted molar refractivity (Wildman–Crippen MR) is 87.8 cm³/mol. The van der Waals surface area contributed by atoms with Crippen molar-refractivity contribution < 1.29 is 4.39 Å². The molecule has 0 radical (unpaired) electrons. The van der Waals surface area contributed by atoms with Crippen LogP contribution in [-0.4, -0.2) is 11.5 Å². The van der Waals surface area contributed by atoms with Gasteiger partial charge in [-0.1, -0.05) is 19.1 Å². The zero-order chi connectivity index (χ0) is 15.2. The van der Waals surface area contributed by atoms with Crippen LogP contribution in [0.5, 0.6) is 0 Å². The van der Waals surface area contributed by atoms with Crippen molar-refractivity contribution in [2.45, 2.75) is 32.7 Å². The molecule has 2 rings (SSSR count). The van der Waals surface area contributed by atoms with Crippen LogP contribution in [0.25, 0.3) is 0 Å². The average Bonchev–Trinajstić information content (AvgIpc) is 2.47. The van der Waals surface area contributed by atoms with Gasteiger partial charge in [0.15, 0.2) is 0 Å². The fourth-order valence-electron chi connectivity index (χ4n) is 2.26. The SMILES string of the molecule is CCCNC(Cc1ccc(F)c(Br)c1)c1cccc(C)n1. The van der Waals surface area contributed by atoms with Crippen molar-refractivity contribution in [3.05, 3.63) is 63.6 Å². The summed E-state index contributed by atoms with van der Waals surface area (Å²) in [5.41, 5.74) is 3.13. The Kier molecular flexibility index (Phi) is 5.88. The van der Waals surface area contributed by atoms with Gasteiger partial charge < -0.3 is 5.32 Å². The van der Waals surface area contributed by atoms with Crippen LogP contribution in [0.4, 0.5) is 4.39 Å². The van der Waals surface area contributed by atoms with Gasteiger partial charge in [-0.25, -0.2) is 4.39 Å². The first-order chi connectivity index (χ1) is 10.1. The van der Waals surface area contributed by atoms with Crippen LogP contribution in [-0.2, 0) is 6.42 Å². The van der Waals surface area contributed by atoms with Crippen molar-refractivity contribution >= 4 is 15.9 Å². The minimum atomic E-state index is -0.231. The summed E-state index contributed by atoms with van der Waals surface area (Å²) in [5.74, 6) is -0.231. The Balaban J connectivity index is 2.21. The van der Waals surface area contributed by atoms with Gasteiger partial charge in [0.05, 0.1) is 16.2 Å². The van der Waals surface area contributed by atoms with Crippen LogP contribution in [0, 0.1) is 12.7 Å². The first kappa shape index (κ1) is 16.1. The van der Waals surface area contributed by atoms with E-state index in [4.69, 9.17) is 0 Å². The molecule has 1 heterocycles. The lowest BCUT2D eigenvalue weighted by Crippen LogP contribution is -2.25. The van der Waals surface area contributed by atoms with E-state index in [-0.39, 0.29) is 11.9 Å². The van der Waals surface area contributed by atoms with E-state index >= 15 is 0 Å². The molecule has 112 valence electrons. The van der Waals surface area contributed by atoms with Gasteiger partial charge >= 0.3 is 0 Å². The number of aromatic nitrogens is 1. The molecule has 0 aliphatic heterocycles. The topological polar surface area (TPSA) is 24.9 Å². The van der Waals surface area contributed by atoms with Crippen molar-refractivity contribution in [1.82, 2.24) is 10.3 Å². The normalized spacial score (nSPS) is 12.4. The van der Waals surface area contributed by atoms with Gasteiger partial charge in [0.2, 0.25) is 0 Å². The largest absolute Gasteiger partial charge is 0.308 e. The second kappa shape index (κ2) is 7.66. The molecule has 0 saturated carbocycles. The van der Waals surface area contributed by atoms with Gasteiger partial charge in [0, 0.05) is 5.69 Å². The van der Waals surface area contributed by atoms with Crippen LogP contribution < -0.4 is 5.32 Å². The summed E-state index contributed by atoms with van der Waals surface area (Å²) in [6.45, 7) is 5.07. The highest BCUT2D eigenvalue weighted by Gasteiger charge is 2.14. The third kappa shape index (κ3) is 4.61. The fourth-order valence-corrected chi connectivity index (χ4v) is 2.69. The molecule has 0 aliphatic carbocycles. The van der Waals surface area contributed by atoms with Crippen LogP contribution in [0.1, 0.15) is 36.3 Å². The number of aryl methyl sites for hydroxylation is 1. The fraction of sp³-hybridized carbons (Fsp3) is 0.353. The van der Waals surface area contributed by atoms with Gasteiger partial charge in [-0.05, 0) is 72.1 Å². The molecule has 2 aromatic rings. The minimum Gasteiger partial charge on any atom is -0.308 e. The number of pyridine rings is 1. The maximum atomic E-state index is 13.3. The molecular formula is C17H20BrFN2. The molecule has 0 amide bonds. The number of nitrogens with zero attached hydrogens (tertiary/aromatic N) is 1. The van der Waals surface area contributed by atoms with Crippen molar-refractivity contribution in [3.63, 3.8) is 0 Å². The molecule has 0 fully saturated rings. The molecule has 0 aliphatic rings. The molecule has 1 aromatic heterocycles. The second-order valence-corrected chi connectivity index (χ2v) is 6.02. The second-order valence-electron chi connectivity index (χ2n) is 5.16. The van der Waals surface area contributed by atoms with E-state index in [9.17, 15) is 4.39 Å². The van der Waals surface area contributed by atoms with Crippen molar-refractivity contribution in [3.8, 4) is 0 Å². The summed E-state index contributed by atoms with van der Waals surface area (Å²) in [6.07, 6.45) is 1.85. The van der Waals surface area contributed by atoms with E-state index in [0.29, 0.717) is 4.47 Å². The quantitative estimate of drug-likeness (QED) is 0.824. The number of hydrogen-bond acceptors (Lipinski definition) is 2. The summed E-state index contributed by atoms with van der Waals surface area (Å²) in [6, 6.07) is 11.4. The molecule has 21 heavy (non-hydrogen) atoms. The maximum absolute atomic E-state index is 13.3. The van der Waals surface area contributed by atoms with Crippen LogP contribution in [0.2, 0.25) is 0 Å². The minimum absolute atomic E-state index is 0.141. The number of hydrogen-bond donors (Lipinski definition) is 1. The first-order valence-electron chi connectivity index (χ1n) is 7.21. The van der Waals surface area contributed by atoms with Crippen molar-refractivity contribution in [2.24, 2.45) is 0 Å². The highest BCUT2D eigenvalue weighted by molar-refractivity contribution is 9.10. The van der Waals surface area contributed by atoms with E-state index < -0.39 is 0 Å². The molecule has 1 aromatic carbocycles. The maximum Gasteiger partial charge on any atom is 0.137 e. The Hall–Kier alpha value is -1.26. The molecule has 1 N–H and O–H groups in total. The number of halogens is 2. The summed E-state index contributed by atoms with van der Waals surface area (Å²) < 4.78 is 13.8. The third-order valence-corrected chi connectivity index (χ3v) is 3.94. The monoisotopic (exact) mass is 350 g/mol. The van der Waals surface area contributed by atoms with E-state index in [1.54, 1.807) is 0 Å². The number of nitrogens with one attached hydrogen (secondary N) is 1. The van der Waals surface area contributed by atoms with Gasteiger partial charge in [0.25, 0.3) is 0 Å². The Bertz CT molecular complexity index is 601. The first-order valence-corrected chi connectivity index (χ1v) is 8.00. The summed E-state index contributed by atoms with van der Waals surface area (Å²) in [4.78, 5) is 4.61. The highest BCUT2D eigenvalue weighted by atomic mass is 79.9. The van der Waals surface area contributed by atoms with Crippen molar-refractivity contribution in [2.75, 3.05) is 6.54 Å². The summed E-state index contributed by atoms with van der Waals surface area (Å²) in [7, 11) is 0. The van der Waals surface area contributed by atoms with Crippen LogP contribution >= 0.6 is 15.9 Å². The zero-order valence-corrected chi connectivity index (χ0v) is 14.0. The van der Waals surface area contributed by atoms with E-state index in [2.05, 4.69) is 33.2 Å². The van der Waals surface area contributed by atoms with Crippen LogP contribution in [0.15, 0.2) is 40.9 Å². The molecule has 0 bridgehead atoms. The Labute approximate surface area is 133 Å². The lowest BCUT2D eigenvalue weighted by Gasteiger charge is -2.19. The standard InChI is InChI=1S/C17H20BrFN2/c1-3-9-20-17(16-6-4-5-12(2)21-16)11-13-7-8-15(19)14(18)10-13/h4-8,10,17,20H,3,9,11H2,1-2H3. The van der Waals surface area contributed by atoms with Crippen LogP contribution in [0.3, 0.4) is 0 Å². The molecule has 0 saturated heterocycles. The lowest BCUT2D eigenvalue weighted by molar-refractivity contribution is 0.516. The summed E-state index contributed by atoms with van der Waals surface area (Å²) >= 11 is 3.25. The average molecular weight is 351 g/mol. The Morgan fingerprint density at radius 1 is 1.29 bits per heavy atom. The molecule has 1 unspecified atom stereocenters. The van der Waals surface area contributed by atoms with Gasteiger partial charge in [-0.3, -0.25) is 4.98 Å². The zero-order valence-electron chi connectivity index (χ0n) is 12.4. The molecule has 1 atom stereocenters. The van der Waals surface area contributed by atoms with Crippen molar-refractivity contribution in [1.29, 1.82) is 0 Å². The number of rotatable bonds is 6. The van der Waals surface area contributed by atoms with E-state index in [0.717, 1.165) is 36.3 Å². The van der Waals surface area contributed by atoms with Gasteiger partial charge in [-0.2, -0.15) is 0 Å². The smallest absolute Gasteiger partial charge is 0.137 e. The Morgan fingerprint density at radius 2 is 2.10 bits per heavy atom. The molecule has 0 spiro atoms. The van der Waals surface area contributed by atoms with E-state index in [1.165, 1.54) is 6.07 Å². The lowest BCUT2D eigenvalue weighted by atomic mass is 10.0. The molecule has 4 heteroatoms. The van der Waals surface area contributed by atoms with Gasteiger partial charge in [0.1, 0.15) is 5.82 Å². The summed E-state index contributed by atoms with van der Waals surface area (Å²) in [5, 5.41) is 3.52. The van der Waals surface area contributed by atoms with E-state index in [1.807, 2.05) is 37.3 Å². The third-order valence-electron chi connectivity index (χ3n) is 3.33. The highest BCUT2D eigenvalue weighted by Crippen LogP contribution is 2.22. The molecule has 2 nitrogen and oxygen atoms in total. The predicted octanol–water partition coefficient (Wildman–Crippen LogP) is 4.58. The molecular weight excluding hydrogens is 331 g/mol. The Morgan fingerprint density at radius 3 is 2.76 bits per heavy atom.